The Morgan fingerprint density at radius 1 is 1.25 bits per heavy atom. The standard InChI is InChI=1S/C22H26N4O2/c1-16-4-2-3-5-19(16)22(10-11-22)25-21(28)26(14-17-8-12-23-13-9-17)15-18-6-7-20(27)24-18/h2-5,8-9,12-13,18H,6-7,10-11,14-15H2,1H3,(H,24,27)(H,25,28)/t18-/m0/s1. The van der Waals surface area contributed by atoms with Crippen LogP contribution in [0.3, 0.4) is 0 Å². The Morgan fingerprint density at radius 2 is 2.00 bits per heavy atom. The fourth-order valence-electron chi connectivity index (χ4n) is 3.99. The first-order chi connectivity index (χ1) is 13.6. The average Bonchev–Trinajstić information content (AvgIpc) is 3.35. The minimum Gasteiger partial charge on any atom is -0.352 e. The van der Waals surface area contributed by atoms with Gasteiger partial charge in [-0.3, -0.25) is 9.78 Å². The van der Waals surface area contributed by atoms with Crippen LogP contribution < -0.4 is 10.6 Å². The highest BCUT2D eigenvalue weighted by molar-refractivity contribution is 5.79. The molecular weight excluding hydrogens is 352 g/mol. The van der Waals surface area contributed by atoms with Crippen LogP contribution in [-0.2, 0) is 16.9 Å². The second kappa shape index (κ2) is 7.62. The lowest BCUT2D eigenvalue weighted by Crippen LogP contribution is -2.49. The molecule has 1 saturated heterocycles. The molecule has 0 unspecified atom stereocenters. The Kier molecular flexibility index (Phi) is 5.03. The van der Waals surface area contributed by atoms with Crippen molar-refractivity contribution in [3.63, 3.8) is 0 Å². The van der Waals surface area contributed by atoms with Gasteiger partial charge in [-0.25, -0.2) is 4.79 Å². The lowest BCUT2D eigenvalue weighted by Gasteiger charge is -2.29. The van der Waals surface area contributed by atoms with E-state index in [0.29, 0.717) is 19.5 Å². The number of carbonyl (C=O) groups is 2. The lowest BCUT2D eigenvalue weighted by atomic mass is 9.99. The molecule has 1 saturated carbocycles. The van der Waals surface area contributed by atoms with E-state index in [-0.39, 0.29) is 23.5 Å². The Labute approximate surface area is 165 Å². The number of carbonyl (C=O) groups excluding carboxylic acids is 2. The molecule has 0 radical (unpaired) electrons. The van der Waals surface area contributed by atoms with Crippen LogP contribution in [0.15, 0.2) is 48.8 Å². The third-order valence-electron chi connectivity index (χ3n) is 5.69. The number of hydrogen-bond acceptors (Lipinski definition) is 3. The minimum absolute atomic E-state index is 0.00806. The van der Waals surface area contributed by atoms with E-state index >= 15 is 0 Å². The van der Waals surface area contributed by atoms with Gasteiger partial charge in [-0.15, -0.1) is 0 Å². The van der Waals surface area contributed by atoms with E-state index in [2.05, 4.69) is 34.7 Å². The van der Waals surface area contributed by atoms with Gasteiger partial charge in [-0.2, -0.15) is 0 Å². The summed E-state index contributed by atoms with van der Waals surface area (Å²) in [7, 11) is 0. The molecular formula is C22H26N4O2. The molecule has 0 bridgehead atoms. The number of aryl methyl sites for hydroxylation is 1. The first-order valence-corrected chi connectivity index (χ1v) is 9.87. The van der Waals surface area contributed by atoms with Gasteiger partial charge < -0.3 is 15.5 Å². The topological polar surface area (TPSA) is 74.3 Å². The summed E-state index contributed by atoms with van der Waals surface area (Å²) in [5.41, 5.74) is 3.15. The number of nitrogens with zero attached hydrogens (tertiary/aromatic N) is 2. The highest BCUT2D eigenvalue weighted by Gasteiger charge is 2.47. The molecule has 4 rings (SSSR count). The Morgan fingerprint density at radius 3 is 2.64 bits per heavy atom. The summed E-state index contributed by atoms with van der Waals surface area (Å²) in [5.74, 6) is 0.0628. The summed E-state index contributed by atoms with van der Waals surface area (Å²) < 4.78 is 0. The van der Waals surface area contributed by atoms with Crippen LogP contribution in [0.5, 0.6) is 0 Å². The molecule has 2 fully saturated rings. The zero-order chi connectivity index (χ0) is 19.6. The molecule has 1 atom stereocenters. The van der Waals surface area contributed by atoms with Gasteiger partial charge in [-0.1, -0.05) is 24.3 Å². The number of benzene rings is 1. The Hall–Kier alpha value is -2.89. The molecule has 2 heterocycles. The van der Waals surface area contributed by atoms with Gasteiger partial charge in [0.25, 0.3) is 0 Å². The fourth-order valence-corrected chi connectivity index (χ4v) is 3.99. The minimum atomic E-state index is -0.266. The van der Waals surface area contributed by atoms with Gasteiger partial charge in [0.1, 0.15) is 0 Å². The first kappa shape index (κ1) is 18.5. The lowest BCUT2D eigenvalue weighted by molar-refractivity contribution is -0.119. The molecule has 146 valence electrons. The Bertz CT molecular complexity index is 864. The van der Waals surface area contributed by atoms with Crippen LogP contribution in [0.2, 0.25) is 0 Å². The van der Waals surface area contributed by atoms with Crippen LogP contribution >= 0.6 is 0 Å². The molecule has 1 aromatic heterocycles. The number of hydrogen-bond donors (Lipinski definition) is 2. The largest absolute Gasteiger partial charge is 0.352 e. The number of pyridine rings is 1. The van der Waals surface area contributed by atoms with Crippen molar-refractivity contribution in [2.75, 3.05) is 6.54 Å². The zero-order valence-corrected chi connectivity index (χ0v) is 16.1. The molecule has 1 aliphatic carbocycles. The van der Waals surface area contributed by atoms with Gasteiger partial charge in [0.15, 0.2) is 0 Å². The van der Waals surface area contributed by atoms with Gasteiger partial charge in [0, 0.05) is 37.9 Å². The number of amides is 3. The predicted octanol–water partition coefficient (Wildman–Crippen LogP) is 2.87. The van der Waals surface area contributed by atoms with Crippen LogP contribution in [0.1, 0.15) is 42.4 Å². The highest BCUT2D eigenvalue weighted by Crippen LogP contribution is 2.46. The normalized spacial score (nSPS) is 19.8. The van der Waals surface area contributed by atoms with Crippen LogP contribution in [0.25, 0.3) is 0 Å². The molecule has 1 aliphatic heterocycles. The summed E-state index contributed by atoms with van der Waals surface area (Å²) in [6, 6.07) is 12.0. The molecule has 28 heavy (non-hydrogen) atoms. The fraction of sp³-hybridized carbons (Fsp3) is 0.409. The highest BCUT2D eigenvalue weighted by atomic mass is 16.2. The van der Waals surface area contributed by atoms with Crippen molar-refractivity contribution in [2.45, 2.75) is 50.7 Å². The van der Waals surface area contributed by atoms with Crippen LogP contribution in [0.4, 0.5) is 4.79 Å². The number of aromatic nitrogens is 1. The molecule has 2 N–H and O–H groups in total. The van der Waals surface area contributed by atoms with Crippen LogP contribution in [-0.4, -0.2) is 34.4 Å². The summed E-state index contributed by atoms with van der Waals surface area (Å²) in [6.07, 6.45) is 6.67. The molecule has 3 amide bonds. The van der Waals surface area contributed by atoms with Gasteiger partial charge in [0.05, 0.1) is 5.54 Å². The number of nitrogens with one attached hydrogen (secondary N) is 2. The van der Waals surface area contributed by atoms with E-state index in [1.807, 2.05) is 29.2 Å². The smallest absolute Gasteiger partial charge is 0.318 e. The molecule has 6 heteroatoms. The summed E-state index contributed by atoms with van der Waals surface area (Å²) >= 11 is 0. The van der Waals surface area contributed by atoms with E-state index in [1.165, 1.54) is 11.1 Å². The quantitative estimate of drug-likeness (QED) is 0.812. The van der Waals surface area contributed by atoms with Gasteiger partial charge in [0.2, 0.25) is 5.91 Å². The van der Waals surface area contributed by atoms with E-state index in [1.54, 1.807) is 12.4 Å². The Balaban J connectivity index is 1.51. The maximum Gasteiger partial charge on any atom is 0.318 e. The van der Waals surface area contributed by atoms with E-state index in [9.17, 15) is 9.59 Å². The molecule has 1 aromatic carbocycles. The number of rotatable bonds is 6. The van der Waals surface area contributed by atoms with E-state index < -0.39 is 0 Å². The monoisotopic (exact) mass is 378 g/mol. The maximum atomic E-state index is 13.2. The van der Waals surface area contributed by atoms with E-state index in [0.717, 1.165) is 24.8 Å². The molecule has 2 aromatic rings. The number of urea groups is 1. The van der Waals surface area contributed by atoms with Crippen molar-refractivity contribution >= 4 is 11.9 Å². The van der Waals surface area contributed by atoms with Crippen LogP contribution in [0, 0.1) is 6.92 Å². The predicted molar refractivity (Wildman–Crippen MR) is 106 cm³/mol. The van der Waals surface area contributed by atoms with Gasteiger partial charge in [-0.05, 0) is 55.0 Å². The maximum absolute atomic E-state index is 13.2. The van der Waals surface area contributed by atoms with Crippen molar-refractivity contribution < 1.29 is 9.59 Å². The first-order valence-electron chi connectivity index (χ1n) is 9.87. The molecule has 2 aliphatic rings. The van der Waals surface area contributed by atoms with Crippen molar-refractivity contribution in [2.24, 2.45) is 0 Å². The van der Waals surface area contributed by atoms with Gasteiger partial charge >= 0.3 is 6.03 Å². The van der Waals surface area contributed by atoms with Crippen molar-refractivity contribution in [1.29, 1.82) is 0 Å². The summed E-state index contributed by atoms with van der Waals surface area (Å²) in [4.78, 5) is 30.7. The molecule has 6 nitrogen and oxygen atoms in total. The zero-order valence-electron chi connectivity index (χ0n) is 16.1. The van der Waals surface area contributed by atoms with Crippen molar-refractivity contribution in [3.8, 4) is 0 Å². The molecule has 0 spiro atoms. The van der Waals surface area contributed by atoms with Crippen molar-refractivity contribution in [3.05, 3.63) is 65.5 Å². The van der Waals surface area contributed by atoms with E-state index in [4.69, 9.17) is 0 Å². The second-order valence-electron chi connectivity index (χ2n) is 7.87. The summed E-state index contributed by atoms with van der Waals surface area (Å²) in [6.45, 7) is 3.08. The second-order valence-corrected chi connectivity index (χ2v) is 7.87. The third-order valence-corrected chi connectivity index (χ3v) is 5.69. The SMILES string of the molecule is Cc1ccccc1C1(NC(=O)N(Cc2ccncc2)C[C@@H]2CCC(=O)N2)CC1. The van der Waals surface area contributed by atoms with Crippen molar-refractivity contribution in [1.82, 2.24) is 20.5 Å². The average molecular weight is 378 g/mol. The summed E-state index contributed by atoms with van der Waals surface area (Å²) in [5, 5.41) is 6.26. The third kappa shape index (κ3) is 4.01.